The molecule has 2 rings (SSSR count). The van der Waals surface area contributed by atoms with E-state index in [9.17, 15) is 18.0 Å². The van der Waals surface area contributed by atoms with Gasteiger partial charge in [0.05, 0.1) is 10.6 Å². The average molecular weight is 315 g/mol. The molecule has 21 heavy (non-hydrogen) atoms. The minimum atomic E-state index is -1.25. The molecule has 0 saturated carbocycles. The summed E-state index contributed by atoms with van der Waals surface area (Å²) in [6, 6.07) is 5.63. The van der Waals surface area contributed by atoms with Crippen LogP contribution in [-0.4, -0.2) is 5.91 Å². The number of carbonyl (C=O) groups is 1. The largest absolute Gasteiger partial charge is 0.381 e. The van der Waals surface area contributed by atoms with Gasteiger partial charge >= 0.3 is 0 Å². The maximum absolute atomic E-state index is 13.5. The predicted molar refractivity (Wildman–Crippen MR) is 73.6 cm³/mol. The Morgan fingerprint density at radius 2 is 1.76 bits per heavy atom. The van der Waals surface area contributed by atoms with Crippen molar-refractivity contribution in [3.63, 3.8) is 0 Å². The Morgan fingerprint density at radius 1 is 1.10 bits per heavy atom. The van der Waals surface area contributed by atoms with Crippen LogP contribution in [0.25, 0.3) is 0 Å². The van der Waals surface area contributed by atoms with E-state index < -0.39 is 23.4 Å². The molecule has 1 amide bonds. The van der Waals surface area contributed by atoms with Gasteiger partial charge in [-0.3, -0.25) is 4.79 Å². The van der Waals surface area contributed by atoms with Crippen molar-refractivity contribution in [2.45, 2.75) is 6.54 Å². The summed E-state index contributed by atoms with van der Waals surface area (Å²) in [5, 5.41) is 2.96. The van der Waals surface area contributed by atoms with E-state index in [0.29, 0.717) is 11.8 Å². The normalized spacial score (nSPS) is 10.5. The average Bonchev–Trinajstić information content (AvgIpc) is 2.42. The number of rotatable bonds is 4. The van der Waals surface area contributed by atoms with Crippen LogP contribution in [0, 0.1) is 17.5 Å². The lowest BCUT2D eigenvalue weighted by Gasteiger charge is -2.09. The smallest absolute Gasteiger partial charge is 0.250 e. The van der Waals surface area contributed by atoms with Gasteiger partial charge in [0.2, 0.25) is 5.91 Å². The van der Waals surface area contributed by atoms with Gasteiger partial charge in [0.25, 0.3) is 0 Å². The summed E-state index contributed by atoms with van der Waals surface area (Å²) in [7, 11) is 0. The van der Waals surface area contributed by atoms with Crippen LogP contribution in [0.2, 0.25) is 5.02 Å². The molecular formula is C14H10ClF3N2O. The van der Waals surface area contributed by atoms with E-state index in [4.69, 9.17) is 17.3 Å². The Labute approximate surface area is 123 Å². The number of anilines is 1. The van der Waals surface area contributed by atoms with E-state index in [-0.39, 0.29) is 22.7 Å². The van der Waals surface area contributed by atoms with Crippen molar-refractivity contribution in [1.29, 1.82) is 0 Å². The van der Waals surface area contributed by atoms with Gasteiger partial charge in [0, 0.05) is 23.9 Å². The van der Waals surface area contributed by atoms with Crippen molar-refractivity contribution in [2.75, 3.05) is 5.32 Å². The molecular weight excluding hydrogens is 305 g/mol. The minimum Gasteiger partial charge on any atom is -0.381 e. The Balaban J connectivity index is 2.19. The zero-order valence-corrected chi connectivity index (χ0v) is 11.3. The van der Waals surface area contributed by atoms with Crippen LogP contribution in [0.15, 0.2) is 30.3 Å². The molecule has 0 saturated heterocycles. The number of benzene rings is 2. The maximum Gasteiger partial charge on any atom is 0.250 e. The molecule has 0 bridgehead atoms. The van der Waals surface area contributed by atoms with Crippen molar-refractivity contribution in [2.24, 2.45) is 5.73 Å². The summed E-state index contributed by atoms with van der Waals surface area (Å²) in [6.07, 6.45) is 0. The molecule has 0 unspecified atom stereocenters. The van der Waals surface area contributed by atoms with E-state index in [2.05, 4.69) is 5.32 Å². The van der Waals surface area contributed by atoms with Crippen LogP contribution in [-0.2, 0) is 6.54 Å². The number of amides is 1. The first-order valence-electron chi connectivity index (χ1n) is 5.85. The SMILES string of the molecule is NC(=O)c1cc(NCc2cc(F)c(F)cc2F)ccc1Cl. The van der Waals surface area contributed by atoms with E-state index >= 15 is 0 Å². The van der Waals surface area contributed by atoms with E-state index in [0.717, 1.165) is 6.07 Å². The van der Waals surface area contributed by atoms with Gasteiger partial charge in [-0.25, -0.2) is 13.2 Å². The van der Waals surface area contributed by atoms with Crippen LogP contribution in [0.3, 0.4) is 0 Å². The number of halogens is 4. The molecule has 0 radical (unpaired) electrons. The summed E-state index contributed by atoms with van der Waals surface area (Å²) in [6.45, 7) is -0.0944. The van der Waals surface area contributed by atoms with Crippen LogP contribution >= 0.6 is 11.6 Å². The summed E-state index contributed by atoms with van der Waals surface area (Å²) < 4.78 is 39.3. The number of carbonyl (C=O) groups excluding carboxylic acids is 1. The predicted octanol–water partition coefficient (Wildman–Crippen LogP) is 3.47. The third kappa shape index (κ3) is 3.46. The second-order valence-corrected chi connectivity index (χ2v) is 4.68. The topological polar surface area (TPSA) is 55.1 Å². The van der Waals surface area contributed by atoms with Gasteiger partial charge in [-0.2, -0.15) is 0 Å². The molecule has 2 aromatic rings. The number of nitrogens with one attached hydrogen (secondary N) is 1. The molecule has 0 heterocycles. The fourth-order valence-corrected chi connectivity index (χ4v) is 1.93. The molecule has 0 aliphatic heterocycles. The van der Waals surface area contributed by atoms with E-state index in [1.165, 1.54) is 12.1 Å². The highest BCUT2D eigenvalue weighted by Gasteiger charge is 2.11. The summed E-state index contributed by atoms with van der Waals surface area (Å²) >= 11 is 5.79. The molecule has 7 heteroatoms. The first-order chi connectivity index (χ1) is 9.88. The van der Waals surface area contributed by atoms with Crippen molar-refractivity contribution < 1.29 is 18.0 Å². The van der Waals surface area contributed by atoms with Crippen molar-refractivity contribution >= 4 is 23.2 Å². The summed E-state index contributed by atoms with van der Waals surface area (Å²) in [5.41, 5.74) is 5.64. The number of hydrogen-bond acceptors (Lipinski definition) is 2. The Bertz CT molecular complexity index is 707. The van der Waals surface area contributed by atoms with Crippen molar-refractivity contribution in [3.8, 4) is 0 Å². The van der Waals surface area contributed by atoms with Crippen molar-refractivity contribution in [3.05, 3.63) is 63.9 Å². The maximum atomic E-state index is 13.5. The molecule has 2 aromatic carbocycles. The zero-order valence-electron chi connectivity index (χ0n) is 10.6. The highest BCUT2D eigenvalue weighted by molar-refractivity contribution is 6.33. The standard InChI is InChI=1S/C14H10ClF3N2O/c15-10-2-1-8(4-9(10)14(19)21)20-6-7-3-12(17)13(18)5-11(7)16/h1-5,20H,6H2,(H2,19,21). The molecule has 0 fully saturated rings. The Kier molecular flexibility index (Phi) is 4.37. The Morgan fingerprint density at radius 3 is 2.43 bits per heavy atom. The molecule has 0 aliphatic carbocycles. The van der Waals surface area contributed by atoms with Crippen LogP contribution in [0.1, 0.15) is 15.9 Å². The minimum absolute atomic E-state index is 0.0514. The molecule has 0 aromatic heterocycles. The van der Waals surface area contributed by atoms with Crippen LogP contribution < -0.4 is 11.1 Å². The van der Waals surface area contributed by atoms with Gasteiger partial charge in [-0.15, -0.1) is 0 Å². The lowest BCUT2D eigenvalue weighted by Crippen LogP contribution is -2.12. The molecule has 110 valence electrons. The van der Waals surface area contributed by atoms with Gasteiger partial charge in [0.15, 0.2) is 11.6 Å². The van der Waals surface area contributed by atoms with E-state index in [1.807, 2.05) is 0 Å². The third-order valence-electron chi connectivity index (χ3n) is 2.80. The highest BCUT2D eigenvalue weighted by atomic mass is 35.5. The number of primary amides is 1. The Hall–Kier alpha value is -2.21. The van der Waals surface area contributed by atoms with Crippen LogP contribution in [0.4, 0.5) is 18.9 Å². The first kappa shape index (κ1) is 15.2. The molecule has 3 N–H and O–H groups in total. The fraction of sp³-hybridized carbons (Fsp3) is 0.0714. The zero-order chi connectivity index (χ0) is 15.6. The summed E-state index contributed by atoms with van der Waals surface area (Å²) in [4.78, 5) is 11.1. The van der Waals surface area contributed by atoms with Gasteiger partial charge in [-0.05, 0) is 24.3 Å². The fourth-order valence-electron chi connectivity index (χ4n) is 1.72. The first-order valence-corrected chi connectivity index (χ1v) is 6.23. The lowest BCUT2D eigenvalue weighted by atomic mass is 10.1. The number of hydrogen-bond donors (Lipinski definition) is 2. The van der Waals surface area contributed by atoms with Gasteiger partial charge in [0.1, 0.15) is 5.82 Å². The summed E-state index contributed by atoms with van der Waals surface area (Å²) in [5.74, 6) is -3.96. The molecule has 0 spiro atoms. The second kappa shape index (κ2) is 6.05. The van der Waals surface area contributed by atoms with E-state index in [1.54, 1.807) is 6.07 Å². The lowest BCUT2D eigenvalue weighted by molar-refractivity contribution is 0.100. The monoisotopic (exact) mass is 314 g/mol. The van der Waals surface area contributed by atoms with Gasteiger partial charge in [-0.1, -0.05) is 11.6 Å². The third-order valence-corrected chi connectivity index (χ3v) is 3.13. The number of nitrogens with two attached hydrogens (primary N) is 1. The molecule has 0 aliphatic rings. The second-order valence-electron chi connectivity index (χ2n) is 4.27. The highest BCUT2D eigenvalue weighted by Crippen LogP contribution is 2.21. The van der Waals surface area contributed by atoms with Gasteiger partial charge < -0.3 is 11.1 Å². The van der Waals surface area contributed by atoms with Crippen LogP contribution in [0.5, 0.6) is 0 Å². The quantitative estimate of drug-likeness (QED) is 0.849. The van der Waals surface area contributed by atoms with Crippen molar-refractivity contribution in [1.82, 2.24) is 0 Å². The molecule has 3 nitrogen and oxygen atoms in total. The molecule has 0 atom stereocenters.